The van der Waals surface area contributed by atoms with Gasteiger partial charge in [-0.2, -0.15) is 0 Å². The van der Waals surface area contributed by atoms with E-state index in [2.05, 4.69) is 24.2 Å². The predicted molar refractivity (Wildman–Crippen MR) is 92.7 cm³/mol. The van der Waals surface area contributed by atoms with Crippen molar-refractivity contribution in [3.8, 4) is 0 Å². The normalized spacial score (nSPS) is 18.0. The number of benzene rings is 1. The molecule has 0 spiro atoms. The lowest BCUT2D eigenvalue weighted by Gasteiger charge is -2.28. The van der Waals surface area contributed by atoms with Gasteiger partial charge in [0.05, 0.1) is 23.9 Å². The molecule has 0 aromatic heterocycles. The van der Waals surface area contributed by atoms with Crippen molar-refractivity contribution in [3.05, 3.63) is 41.5 Å². The van der Waals surface area contributed by atoms with E-state index in [1.807, 2.05) is 43.5 Å². The molecule has 1 heterocycles. The molecule has 1 aliphatic rings. The Morgan fingerprint density at radius 1 is 1.36 bits per heavy atom. The van der Waals surface area contributed by atoms with Crippen LogP contribution in [-0.4, -0.2) is 30.0 Å². The van der Waals surface area contributed by atoms with Crippen LogP contribution >= 0.6 is 11.8 Å². The fourth-order valence-electron chi connectivity index (χ4n) is 2.40. The van der Waals surface area contributed by atoms with Crippen LogP contribution in [0.3, 0.4) is 0 Å². The number of hydrogen-bond acceptors (Lipinski definition) is 5. The number of nitrogens with zero attached hydrogens (tertiary/aromatic N) is 1. The summed E-state index contributed by atoms with van der Waals surface area (Å²) in [4.78, 5) is 17.2. The number of amidine groups is 1. The number of rotatable bonds is 4. The van der Waals surface area contributed by atoms with Gasteiger partial charge in [0.1, 0.15) is 0 Å². The Hall–Kier alpha value is -1.75. The largest absolute Gasteiger partial charge is 0.463 e. The molecule has 0 amide bonds. The van der Waals surface area contributed by atoms with Gasteiger partial charge in [-0.05, 0) is 24.7 Å². The molecule has 1 atom stereocenters. The SMILES string of the molecule is CCOC(=O)C1=C(c2ccccc2)NC(SC)=NC1C(C)C. The van der Waals surface area contributed by atoms with Crippen LogP contribution in [0, 0.1) is 5.92 Å². The molecular weight excluding hydrogens is 296 g/mol. The van der Waals surface area contributed by atoms with Crippen LogP contribution in [0.15, 0.2) is 40.9 Å². The van der Waals surface area contributed by atoms with Gasteiger partial charge in [-0.25, -0.2) is 4.79 Å². The number of thioether (sulfide) groups is 1. The zero-order valence-corrected chi connectivity index (χ0v) is 14.2. The van der Waals surface area contributed by atoms with Gasteiger partial charge in [0.2, 0.25) is 0 Å². The summed E-state index contributed by atoms with van der Waals surface area (Å²) >= 11 is 1.55. The minimum absolute atomic E-state index is 0.196. The van der Waals surface area contributed by atoms with Gasteiger partial charge in [0.15, 0.2) is 5.17 Å². The standard InChI is InChI=1S/C17H22N2O2S/c1-5-21-16(20)13-14(11(2)3)18-17(22-4)19-15(13)12-9-7-6-8-10-12/h6-11,14H,5H2,1-4H3,(H,18,19). The average molecular weight is 318 g/mol. The maximum atomic E-state index is 12.5. The van der Waals surface area contributed by atoms with Crippen LogP contribution in [-0.2, 0) is 9.53 Å². The number of hydrogen-bond donors (Lipinski definition) is 1. The summed E-state index contributed by atoms with van der Waals surface area (Å²) in [5.41, 5.74) is 2.38. The van der Waals surface area contributed by atoms with Crippen LogP contribution in [0.5, 0.6) is 0 Å². The van der Waals surface area contributed by atoms with Crippen LogP contribution in [0.1, 0.15) is 26.3 Å². The molecule has 22 heavy (non-hydrogen) atoms. The first-order valence-electron chi connectivity index (χ1n) is 7.44. The van der Waals surface area contributed by atoms with Crippen LogP contribution in [0.25, 0.3) is 5.70 Å². The number of nitrogens with one attached hydrogen (secondary N) is 1. The van der Waals surface area contributed by atoms with Crippen molar-refractivity contribution in [1.82, 2.24) is 5.32 Å². The second-order valence-corrected chi connectivity index (χ2v) is 6.12. The fraction of sp³-hybridized carbons (Fsp3) is 0.412. The minimum atomic E-state index is -0.295. The van der Waals surface area contributed by atoms with E-state index in [4.69, 9.17) is 4.74 Å². The molecule has 5 heteroatoms. The van der Waals surface area contributed by atoms with E-state index in [1.165, 1.54) is 0 Å². The van der Waals surface area contributed by atoms with Crippen LogP contribution in [0.2, 0.25) is 0 Å². The van der Waals surface area contributed by atoms with Crippen molar-refractivity contribution < 1.29 is 9.53 Å². The molecule has 0 aliphatic carbocycles. The van der Waals surface area contributed by atoms with Gasteiger partial charge < -0.3 is 10.1 Å². The molecule has 0 bridgehead atoms. The highest BCUT2D eigenvalue weighted by molar-refractivity contribution is 8.13. The molecular formula is C17H22N2O2S. The third kappa shape index (κ3) is 3.53. The number of aliphatic imine (C=N–C) groups is 1. The molecule has 1 aromatic carbocycles. The monoisotopic (exact) mass is 318 g/mol. The van der Waals surface area contributed by atoms with Crippen molar-refractivity contribution in [1.29, 1.82) is 0 Å². The van der Waals surface area contributed by atoms with Gasteiger partial charge >= 0.3 is 5.97 Å². The summed E-state index contributed by atoms with van der Waals surface area (Å²) < 4.78 is 5.27. The second kappa shape index (κ2) is 7.49. The number of esters is 1. The number of carbonyl (C=O) groups excluding carboxylic acids is 1. The maximum Gasteiger partial charge on any atom is 0.338 e. The highest BCUT2D eigenvalue weighted by Gasteiger charge is 2.32. The summed E-state index contributed by atoms with van der Waals surface area (Å²) in [6, 6.07) is 9.66. The lowest BCUT2D eigenvalue weighted by molar-refractivity contribution is -0.138. The third-order valence-electron chi connectivity index (χ3n) is 3.44. The molecule has 1 aliphatic heterocycles. The topological polar surface area (TPSA) is 50.7 Å². The fourth-order valence-corrected chi connectivity index (χ4v) is 2.82. The Bertz CT molecular complexity index is 594. The lowest BCUT2D eigenvalue weighted by atomic mass is 9.91. The van der Waals surface area contributed by atoms with Gasteiger partial charge in [-0.1, -0.05) is 55.9 Å². The van der Waals surface area contributed by atoms with Crippen LogP contribution in [0.4, 0.5) is 0 Å². The van der Waals surface area contributed by atoms with Gasteiger partial charge in [0, 0.05) is 0 Å². The maximum absolute atomic E-state index is 12.5. The molecule has 118 valence electrons. The lowest BCUT2D eigenvalue weighted by Crippen LogP contribution is -2.36. The summed E-state index contributed by atoms with van der Waals surface area (Å²) in [5.74, 6) is -0.0844. The number of carbonyl (C=O) groups is 1. The molecule has 1 N–H and O–H groups in total. The van der Waals surface area contributed by atoms with Crippen molar-refractivity contribution in [2.45, 2.75) is 26.8 Å². The van der Waals surface area contributed by atoms with Gasteiger partial charge in [-0.15, -0.1) is 0 Å². The summed E-state index contributed by atoms with van der Waals surface area (Å²) in [7, 11) is 0. The van der Waals surface area contributed by atoms with Crippen molar-refractivity contribution >= 4 is 28.6 Å². The first-order valence-corrected chi connectivity index (χ1v) is 8.66. The molecule has 0 fully saturated rings. The Morgan fingerprint density at radius 3 is 2.59 bits per heavy atom. The van der Waals surface area contributed by atoms with Gasteiger partial charge in [-0.3, -0.25) is 4.99 Å². The molecule has 1 aromatic rings. The summed E-state index contributed by atoms with van der Waals surface area (Å²) in [6.45, 7) is 6.31. The van der Waals surface area contributed by atoms with Crippen molar-refractivity contribution in [2.75, 3.05) is 12.9 Å². The summed E-state index contributed by atoms with van der Waals surface area (Å²) in [6.07, 6.45) is 1.97. The van der Waals surface area contributed by atoms with E-state index < -0.39 is 0 Å². The molecule has 1 unspecified atom stereocenters. The molecule has 4 nitrogen and oxygen atoms in total. The van der Waals surface area contributed by atoms with E-state index in [1.54, 1.807) is 11.8 Å². The van der Waals surface area contributed by atoms with E-state index >= 15 is 0 Å². The predicted octanol–water partition coefficient (Wildman–Crippen LogP) is 3.31. The van der Waals surface area contributed by atoms with E-state index in [0.717, 1.165) is 16.4 Å². The molecule has 0 saturated carbocycles. The Morgan fingerprint density at radius 2 is 2.05 bits per heavy atom. The van der Waals surface area contributed by atoms with E-state index in [9.17, 15) is 4.79 Å². The molecule has 0 radical (unpaired) electrons. The first kappa shape index (κ1) is 16.6. The van der Waals surface area contributed by atoms with E-state index in [0.29, 0.717) is 12.2 Å². The minimum Gasteiger partial charge on any atom is -0.463 e. The van der Waals surface area contributed by atoms with Crippen molar-refractivity contribution in [2.24, 2.45) is 10.9 Å². The second-order valence-electron chi connectivity index (χ2n) is 5.33. The van der Waals surface area contributed by atoms with Gasteiger partial charge in [0.25, 0.3) is 0 Å². The third-order valence-corrected chi connectivity index (χ3v) is 4.03. The Labute approximate surface area is 136 Å². The Kier molecular flexibility index (Phi) is 5.66. The van der Waals surface area contributed by atoms with Crippen molar-refractivity contribution in [3.63, 3.8) is 0 Å². The Balaban J connectivity index is 2.56. The first-order chi connectivity index (χ1) is 10.6. The van der Waals surface area contributed by atoms with E-state index in [-0.39, 0.29) is 17.9 Å². The number of ether oxygens (including phenoxy) is 1. The molecule has 0 saturated heterocycles. The molecule has 2 rings (SSSR count). The average Bonchev–Trinajstić information content (AvgIpc) is 2.54. The zero-order chi connectivity index (χ0) is 16.1. The smallest absolute Gasteiger partial charge is 0.338 e. The quantitative estimate of drug-likeness (QED) is 0.865. The highest BCUT2D eigenvalue weighted by atomic mass is 32.2. The van der Waals surface area contributed by atoms with Crippen LogP contribution < -0.4 is 5.32 Å². The highest BCUT2D eigenvalue weighted by Crippen LogP contribution is 2.30. The zero-order valence-electron chi connectivity index (χ0n) is 13.4. The summed E-state index contributed by atoms with van der Waals surface area (Å²) in [5, 5.41) is 4.11.